The Labute approximate surface area is 102 Å². The summed E-state index contributed by atoms with van der Waals surface area (Å²) < 4.78 is 0. The Bertz CT molecular complexity index is 623. The molecule has 2 aromatic rings. The third kappa shape index (κ3) is 2.97. The molecule has 0 radical (unpaired) electrons. The molecular formula is C11H11N5O2. The number of aromatic amines is 1. The van der Waals surface area contributed by atoms with Crippen LogP contribution in [0, 0.1) is 6.92 Å². The molecule has 0 atom stereocenters. The van der Waals surface area contributed by atoms with Crippen molar-refractivity contribution in [3.8, 4) is 0 Å². The zero-order valence-corrected chi connectivity index (χ0v) is 9.67. The van der Waals surface area contributed by atoms with Gasteiger partial charge in [0.05, 0.1) is 18.6 Å². The van der Waals surface area contributed by atoms with Crippen molar-refractivity contribution in [2.75, 3.05) is 0 Å². The van der Waals surface area contributed by atoms with E-state index < -0.39 is 5.91 Å². The van der Waals surface area contributed by atoms with Crippen LogP contribution in [0.15, 0.2) is 29.6 Å². The first-order chi connectivity index (χ1) is 8.65. The standard InChI is InChI=1S/C11H11N5O2/c1-7-2-8(14-5-13-7)4-12-11(18)9-3-10(17)16-6-15-9/h2-3,5-6H,4H2,1H3,(H,12,18)(H,15,16,17). The van der Waals surface area contributed by atoms with Crippen LogP contribution in [0.1, 0.15) is 21.9 Å². The highest BCUT2D eigenvalue weighted by molar-refractivity contribution is 5.91. The van der Waals surface area contributed by atoms with Gasteiger partial charge in [-0.15, -0.1) is 0 Å². The number of amides is 1. The maximum atomic E-state index is 11.7. The topological polar surface area (TPSA) is 101 Å². The van der Waals surface area contributed by atoms with Crippen LogP contribution in [-0.4, -0.2) is 25.8 Å². The normalized spacial score (nSPS) is 10.1. The Kier molecular flexibility index (Phi) is 3.42. The van der Waals surface area contributed by atoms with Crippen LogP contribution in [0.5, 0.6) is 0 Å². The predicted octanol–water partition coefficient (Wildman–Crippen LogP) is -0.202. The number of carbonyl (C=O) groups excluding carboxylic acids is 1. The van der Waals surface area contributed by atoms with Gasteiger partial charge in [0.2, 0.25) is 0 Å². The summed E-state index contributed by atoms with van der Waals surface area (Å²) in [7, 11) is 0. The van der Waals surface area contributed by atoms with E-state index in [1.54, 1.807) is 6.07 Å². The summed E-state index contributed by atoms with van der Waals surface area (Å²) in [6.07, 6.45) is 2.62. The summed E-state index contributed by atoms with van der Waals surface area (Å²) in [4.78, 5) is 36.8. The van der Waals surface area contributed by atoms with Crippen LogP contribution < -0.4 is 10.9 Å². The number of carbonyl (C=O) groups is 1. The highest BCUT2D eigenvalue weighted by Gasteiger charge is 2.07. The fourth-order valence-electron chi connectivity index (χ4n) is 1.36. The summed E-state index contributed by atoms with van der Waals surface area (Å²) in [5.41, 5.74) is 1.22. The SMILES string of the molecule is Cc1cc(CNC(=O)c2cc(=O)[nH]cn2)ncn1. The summed E-state index contributed by atoms with van der Waals surface area (Å²) in [5, 5.41) is 2.63. The number of hydrogen-bond acceptors (Lipinski definition) is 5. The van der Waals surface area contributed by atoms with E-state index in [1.165, 1.54) is 12.7 Å². The van der Waals surface area contributed by atoms with Crippen LogP contribution in [0.3, 0.4) is 0 Å². The second-order valence-corrected chi connectivity index (χ2v) is 3.63. The summed E-state index contributed by atoms with van der Waals surface area (Å²) >= 11 is 0. The highest BCUT2D eigenvalue weighted by atomic mass is 16.2. The third-order valence-electron chi connectivity index (χ3n) is 2.20. The van der Waals surface area contributed by atoms with E-state index >= 15 is 0 Å². The molecule has 0 aliphatic heterocycles. The lowest BCUT2D eigenvalue weighted by molar-refractivity contribution is 0.0945. The molecule has 0 fully saturated rings. The van der Waals surface area contributed by atoms with Crippen LogP contribution in [-0.2, 0) is 6.54 Å². The van der Waals surface area contributed by atoms with Crippen molar-refractivity contribution in [1.82, 2.24) is 25.3 Å². The Hall–Kier alpha value is -2.57. The van der Waals surface area contributed by atoms with E-state index in [1.807, 2.05) is 6.92 Å². The fraction of sp³-hybridized carbons (Fsp3) is 0.182. The van der Waals surface area contributed by atoms with Gasteiger partial charge in [-0.3, -0.25) is 9.59 Å². The quantitative estimate of drug-likeness (QED) is 0.779. The van der Waals surface area contributed by atoms with Gasteiger partial charge >= 0.3 is 0 Å². The smallest absolute Gasteiger partial charge is 0.270 e. The lowest BCUT2D eigenvalue weighted by Gasteiger charge is -2.03. The summed E-state index contributed by atoms with van der Waals surface area (Å²) in [6.45, 7) is 2.10. The van der Waals surface area contributed by atoms with Crippen molar-refractivity contribution in [2.24, 2.45) is 0 Å². The Morgan fingerprint density at radius 3 is 2.89 bits per heavy atom. The maximum absolute atomic E-state index is 11.7. The molecule has 92 valence electrons. The van der Waals surface area contributed by atoms with Crippen LogP contribution >= 0.6 is 0 Å². The number of aryl methyl sites for hydroxylation is 1. The van der Waals surface area contributed by atoms with E-state index in [-0.39, 0.29) is 17.8 Å². The van der Waals surface area contributed by atoms with E-state index in [9.17, 15) is 9.59 Å². The van der Waals surface area contributed by atoms with E-state index in [0.717, 1.165) is 11.8 Å². The van der Waals surface area contributed by atoms with Gasteiger partial charge in [-0.1, -0.05) is 0 Å². The van der Waals surface area contributed by atoms with Crippen molar-refractivity contribution < 1.29 is 4.79 Å². The summed E-state index contributed by atoms with van der Waals surface area (Å²) in [6, 6.07) is 2.91. The maximum Gasteiger partial charge on any atom is 0.270 e. The monoisotopic (exact) mass is 245 g/mol. The number of H-pyrrole nitrogens is 1. The number of nitrogens with one attached hydrogen (secondary N) is 2. The average molecular weight is 245 g/mol. The van der Waals surface area contributed by atoms with Gasteiger partial charge < -0.3 is 10.3 Å². The second kappa shape index (κ2) is 5.17. The molecule has 18 heavy (non-hydrogen) atoms. The molecule has 2 heterocycles. The minimum Gasteiger partial charge on any atom is -0.345 e. The molecule has 0 aliphatic rings. The molecule has 2 aromatic heterocycles. The van der Waals surface area contributed by atoms with Crippen molar-refractivity contribution in [3.05, 3.63) is 52.2 Å². The number of nitrogens with zero attached hydrogens (tertiary/aromatic N) is 3. The van der Waals surface area contributed by atoms with E-state index in [0.29, 0.717) is 5.69 Å². The molecule has 0 saturated heterocycles. The lowest BCUT2D eigenvalue weighted by atomic mass is 10.3. The Morgan fingerprint density at radius 2 is 2.17 bits per heavy atom. The van der Waals surface area contributed by atoms with Gasteiger partial charge in [0.25, 0.3) is 11.5 Å². The molecule has 0 saturated carbocycles. The van der Waals surface area contributed by atoms with Gasteiger partial charge in [-0.05, 0) is 13.0 Å². The van der Waals surface area contributed by atoms with Crippen molar-refractivity contribution in [2.45, 2.75) is 13.5 Å². The zero-order chi connectivity index (χ0) is 13.0. The highest BCUT2D eigenvalue weighted by Crippen LogP contribution is 1.96. The minimum atomic E-state index is -0.419. The molecule has 0 unspecified atom stereocenters. The minimum absolute atomic E-state index is 0.0736. The number of aromatic nitrogens is 4. The van der Waals surface area contributed by atoms with Gasteiger partial charge in [0, 0.05) is 11.8 Å². The number of hydrogen-bond donors (Lipinski definition) is 2. The summed E-state index contributed by atoms with van der Waals surface area (Å²) in [5.74, 6) is -0.419. The molecule has 0 bridgehead atoms. The van der Waals surface area contributed by atoms with Crippen molar-refractivity contribution in [3.63, 3.8) is 0 Å². The second-order valence-electron chi connectivity index (χ2n) is 3.63. The largest absolute Gasteiger partial charge is 0.345 e. The third-order valence-corrected chi connectivity index (χ3v) is 2.20. The molecule has 1 amide bonds. The first-order valence-electron chi connectivity index (χ1n) is 5.25. The molecule has 2 N–H and O–H groups in total. The van der Waals surface area contributed by atoms with Crippen LogP contribution in [0.4, 0.5) is 0 Å². The Morgan fingerprint density at radius 1 is 1.33 bits per heavy atom. The van der Waals surface area contributed by atoms with Crippen molar-refractivity contribution in [1.29, 1.82) is 0 Å². The number of rotatable bonds is 3. The van der Waals surface area contributed by atoms with Gasteiger partial charge in [0.1, 0.15) is 12.0 Å². The first kappa shape index (κ1) is 11.9. The molecule has 7 heteroatoms. The van der Waals surface area contributed by atoms with E-state index in [2.05, 4.69) is 25.3 Å². The zero-order valence-electron chi connectivity index (χ0n) is 9.67. The Balaban J connectivity index is 2.03. The van der Waals surface area contributed by atoms with Crippen molar-refractivity contribution >= 4 is 5.91 Å². The van der Waals surface area contributed by atoms with Crippen LogP contribution in [0.25, 0.3) is 0 Å². The molecular weight excluding hydrogens is 234 g/mol. The molecule has 0 spiro atoms. The first-order valence-corrected chi connectivity index (χ1v) is 5.25. The van der Waals surface area contributed by atoms with Crippen LogP contribution in [0.2, 0.25) is 0 Å². The van der Waals surface area contributed by atoms with E-state index in [4.69, 9.17) is 0 Å². The average Bonchev–Trinajstić information content (AvgIpc) is 2.36. The molecule has 7 nitrogen and oxygen atoms in total. The van der Waals surface area contributed by atoms with Gasteiger partial charge in [0.15, 0.2) is 0 Å². The van der Waals surface area contributed by atoms with Gasteiger partial charge in [-0.2, -0.15) is 0 Å². The fourth-order valence-corrected chi connectivity index (χ4v) is 1.36. The molecule has 2 rings (SSSR count). The molecule has 0 aromatic carbocycles. The lowest BCUT2D eigenvalue weighted by Crippen LogP contribution is -2.26. The van der Waals surface area contributed by atoms with Gasteiger partial charge in [-0.25, -0.2) is 15.0 Å². The predicted molar refractivity (Wildman–Crippen MR) is 62.8 cm³/mol. The molecule has 0 aliphatic carbocycles.